The number of hydrogen-bond acceptors (Lipinski definition) is 6. The molecule has 2 aromatic rings. The zero-order chi connectivity index (χ0) is 24.0. The summed E-state index contributed by atoms with van der Waals surface area (Å²) in [7, 11) is -0.268. The molecular formula is C23H34N6O3Si. The Morgan fingerprint density at radius 1 is 1.27 bits per heavy atom. The largest absolute Gasteiger partial charge is 0.455 e. The molecule has 0 unspecified atom stereocenters. The Hall–Kier alpha value is -2.69. The summed E-state index contributed by atoms with van der Waals surface area (Å²) in [5.74, 6) is 0. The molecule has 4 rings (SSSR count). The van der Waals surface area contributed by atoms with Gasteiger partial charge in [-0.25, -0.2) is 4.79 Å². The van der Waals surface area contributed by atoms with Crippen LogP contribution >= 0.6 is 0 Å². The first-order valence-corrected chi connectivity index (χ1v) is 14.2. The minimum atomic E-state index is -2.14. The number of fused-ring (bicyclic) bond motifs is 4. The average molecular weight is 471 g/mol. The number of rotatable bonds is 7. The van der Waals surface area contributed by atoms with Crippen molar-refractivity contribution in [2.75, 3.05) is 13.1 Å². The molecule has 1 fully saturated rings. The van der Waals surface area contributed by atoms with Crippen LogP contribution < -0.4 is 5.73 Å². The fraction of sp³-hybridized carbons (Fsp3) is 0.522. The predicted octanol–water partition coefficient (Wildman–Crippen LogP) is 3.72. The molecule has 10 heteroatoms. The third-order valence-corrected chi connectivity index (χ3v) is 11.1. The minimum Gasteiger partial charge on any atom is -0.455 e. The van der Waals surface area contributed by atoms with Crippen LogP contribution in [0.15, 0.2) is 41.7 Å². The number of hydrogen-bond donors (Lipinski definition) is 1. The normalized spacial score (nSPS) is 20.9. The van der Waals surface area contributed by atoms with Gasteiger partial charge in [0.15, 0.2) is 0 Å². The number of benzene rings is 1. The lowest BCUT2D eigenvalue weighted by Gasteiger charge is -2.35. The van der Waals surface area contributed by atoms with Crippen molar-refractivity contribution in [2.45, 2.75) is 57.6 Å². The van der Waals surface area contributed by atoms with Gasteiger partial charge in [0.05, 0.1) is 24.1 Å². The van der Waals surface area contributed by atoms with Crippen molar-refractivity contribution in [3.8, 4) is 0 Å². The molecule has 2 N–H and O–H groups in total. The molecule has 9 nitrogen and oxygen atoms in total. The van der Waals surface area contributed by atoms with E-state index >= 15 is 0 Å². The Morgan fingerprint density at radius 2 is 1.97 bits per heavy atom. The van der Waals surface area contributed by atoms with Gasteiger partial charge >= 0.3 is 6.03 Å². The van der Waals surface area contributed by atoms with Gasteiger partial charge in [-0.15, -0.1) is 5.16 Å². The van der Waals surface area contributed by atoms with Gasteiger partial charge in [0.1, 0.15) is 18.7 Å². The van der Waals surface area contributed by atoms with Crippen molar-refractivity contribution < 1.29 is 14.2 Å². The highest BCUT2D eigenvalue weighted by Crippen LogP contribution is 2.44. The van der Waals surface area contributed by atoms with Crippen molar-refractivity contribution >= 4 is 20.1 Å². The summed E-state index contributed by atoms with van der Waals surface area (Å²) in [4.78, 5) is 21.2. The number of urea groups is 1. The second-order valence-corrected chi connectivity index (χ2v) is 14.9. The number of oxime groups is 1. The molecule has 2 bridgehead atoms. The van der Waals surface area contributed by atoms with Crippen LogP contribution in [0.2, 0.25) is 18.1 Å². The summed E-state index contributed by atoms with van der Waals surface area (Å²) >= 11 is 0. The molecule has 1 aromatic carbocycles. The second kappa shape index (κ2) is 8.58. The van der Waals surface area contributed by atoms with Gasteiger partial charge in [-0.1, -0.05) is 51.1 Å². The smallest absolute Gasteiger partial charge is 0.345 e. The Balaban J connectivity index is 1.65. The van der Waals surface area contributed by atoms with E-state index in [9.17, 15) is 4.79 Å². The van der Waals surface area contributed by atoms with Crippen LogP contribution in [0.1, 0.15) is 49.7 Å². The molecule has 2 aliphatic rings. The quantitative estimate of drug-likeness (QED) is 0.378. The molecule has 1 saturated heterocycles. The molecule has 0 saturated carbocycles. The highest BCUT2D eigenvalue weighted by molar-refractivity contribution is 6.74. The highest BCUT2D eigenvalue weighted by Gasteiger charge is 2.52. The van der Waals surface area contributed by atoms with E-state index in [1.807, 2.05) is 43.6 Å². The first-order valence-electron chi connectivity index (χ1n) is 11.3. The lowest BCUT2D eigenvalue weighted by atomic mass is 9.95. The Morgan fingerprint density at radius 3 is 2.61 bits per heavy atom. The van der Waals surface area contributed by atoms with Crippen LogP contribution in [0.4, 0.5) is 4.79 Å². The number of hydroxylamine groups is 2. The number of carbonyl (C=O) groups excluding carboxylic acids is 1. The van der Waals surface area contributed by atoms with Gasteiger partial charge in [0, 0.05) is 19.2 Å². The van der Waals surface area contributed by atoms with E-state index in [1.165, 1.54) is 5.06 Å². The number of nitrogens with two attached hydrogens (primary N) is 1. The summed E-state index contributed by atoms with van der Waals surface area (Å²) in [6.45, 7) is 11.7. The third kappa shape index (κ3) is 4.18. The fourth-order valence-corrected chi connectivity index (χ4v) is 4.57. The van der Waals surface area contributed by atoms with Crippen molar-refractivity contribution in [1.82, 2.24) is 19.7 Å². The van der Waals surface area contributed by atoms with Gasteiger partial charge in [0.2, 0.25) is 0 Å². The van der Waals surface area contributed by atoms with E-state index < -0.39 is 14.4 Å². The standard InChI is InChI=1S/C23H34N6O3Si/c1-23(2,3)33(5,6)32-26-18(12-24)21-20-17(13-25-27(20)4)19-14-28(21)22(30)29(19)31-15-16-10-8-7-9-11-16/h7-11,13,19,21H,12,14-15,24H2,1-6H3/b26-18+/t19-,21-/m1/s1. The molecule has 3 heterocycles. The lowest BCUT2D eigenvalue weighted by molar-refractivity contribution is -0.141. The van der Waals surface area contributed by atoms with Crippen LogP contribution in [0.5, 0.6) is 0 Å². The van der Waals surface area contributed by atoms with E-state index in [4.69, 9.17) is 15.1 Å². The topological polar surface area (TPSA) is 98.2 Å². The number of amides is 2. The molecule has 2 amide bonds. The van der Waals surface area contributed by atoms with E-state index in [0.29, 0.717) is 18.9 Å². The average Bonchev–Trinajstić information content (AvgIpc) is 3.28. The van der Waals surface area contributed by atoms with Gasteiger partial charge in [-0.3, -0.25) is 9.52 Å². The Labute approximate surface area is 196 Å². The minimum absolute atomic E-state index is 0.00288. The predicted molar refractivity (Wildman–Crippen MR) is 129 cm³/mol. The van der Waals surface area contributed by atoms with E-state index in [-0.39, 0.29) is 23.7 Å². The van der Waals surface area contributed by atoms with Gasteiger partial charge in [-0.05, 0) is 23.7 Å². The first-order chi connectivity index (χ1) is 15.5. The number of aryl methyl sites for hydroxylation is 1. The van der Waals surface area contributed by atoms with E-state index in [2.05, 4.69) is 44.1 Å². The van der Waals surface area contributed by atoms with E-state index in [1.54, 1.807) is 9.58 Å². The Kier molecular flexibility index (Phi) is 6.10. The van der Waals surface area contributed by atoms with Crippen molar-refractivity contribution in [3.63, 3.8) is 0 Å². The van der Waals surface area contributed by atoms with Crippen LogP contribution in [0.3, 0.4) is 0 Å². The van der Waals surface area contributed by atoms with Crippen LogP contribution in [-0.4, -0.2) is 52.9 Å². The maximum absolute atomic E-state index is 13.4. The zero-order valence-electron chi connectivity index (χ0n) is 20.3. The number of nitrogens with zero attached hydrogens (tertiary/aromatic N) is 5. The van der Waals surface area contributed by atoms with Gasteiger partial charge in [-0.2, -0.15) is 10.2 Å². The summed E-state index contributed by atoms with van der Waals surface area (Å²) in [6.07, 6.45) is 1.81. The number of carbonyl (C=O) groups is 1. The summed E-state index contributed by atoms with van der Waals surface area (Å²) < 4.78 is 7.94. The van der Waals surface area contributed by atoms with Crippen LogP contribution in [0.25, 0.3) is 0 Å². The van der Waals surface area contributed by atoms with Crippen molar-refractivity contribution in [3.05, 3.63) is 53.3 Å². The van der Waals surface area contributed by atoms with E-state index in [0.717, 1.165) is 16.8 Å². The molecule has 0 spiro atoms. The molecule has 1 aromatic heterocycles. The highest BCUT2D eigenvalue weighted by atomic mass is 28.4. The maximum atomic E-state index is 13.4. The second-order valence-electron chi connectivity index (χ2n) is 10.2. The summed E-state index contributed by atoms with van der Waals surface area (Å²) in [5, 5.41) is 10.5. The SMILES string of the molecule is Cn1ncc2c1[C@@H](/C(CN)=N/O[Si](C)(C)C(C)(C)C)N1C[C@H]2N(OCc2ccccc2)C1=O. The molecule has 2 atom stereocenters. The molecule has 0 aliphatic carbocycles. The molecule has 33 heavy (non-hydrogen) atoms. The van der Waals surface area contributed by atoms with Gasteiger partial charge < -0.3 is 15.2 Å². The summed E-state index contributed by atoms with van der Waals surface area (Å²) in [5.41, 5.74) is 9.61. The maximum Gasteiger partial charge on any atom is 0.345 e. The Bertz CT molecular complexity index is 1050. The molecule has 178 valence electrons. The van der Waals surface area contributed by atoms with Crippen molar-refractivity contribution in [2.24, 2.45) is 17.9 Å². The van der Waals surface area contributed by atoms with Crippen LogP contribution in [0, 0.1) is 0 Å². The molecule has 0 radical (unpaired) electrons. The van der Waals surface area contributed by atoms with Crippen LogP contribution in [-0.2, 0) is 23.0 Å². The third-order valence-electron chi connectivity index (χ3n) is 6.97. The summed E-state index contributed by atoms with van der Waals surface area (Å²) in [6, 6.07) is 8.92. The van der Waals surface area contributed by atoms with Gasteiger partial charge in [0.25, 0.3) is 8.32 Å². The fourth-order valence-electron chi connectivity index (χ4n) is 3.95. The number of aromatic nitrogens is 2. The first kappa shape index (κ1) is 23.5. The lowest BCUT2D eigenvalue weighted by Crippen LogP contribution is -2.43. The molecular weight excluding hydrogens is 436 g/mol. The monoisotopic (exact) mass is 470 g/mol. The molecule has 2 aliphatic heterocycles. The van der Waals surface area contributed by atoms with Crippen molar-refractivity contribution in [1.29, 1.82) is 0 Å². The zero-order valence-corrected chi connectivity index (χ0v) is 21.3.